The minimum Gasteiger partial charge on any atom is -0.441 e. The molecule has 2 aromatic heterocycles. The predicted octanol–water partition coefficient (Wildman–Crippen LogP) is 3.77. The van der Waals surface area contributed by atoms with Crippen molar-refractivity contribution >= 4 is 32.9 Å². The number of nitrogens with zero attached hydrogens (tertiary/aromatic N) is 1. The van der Waals surface area contributed by atoms with Gasteiger partial charge in [-0.1, -0.05) is 18.2 Å². The van der Waals surface area contributed by atoms with E-state index in [9.17, 15) is 0 Å². The van der Waals surface area contributed by atoms with Crippen LogP contribution in [0.2, 0.25) is 0 Å². The number of oxazole rings is 1. The molecule has 0 unspecified atom stereocenters. The molecule has 82 valence electrons. The van der Waals surface area contributed by atoms with Gasteiger partial charge in [0.05, 0.1) is 5.52 Å². The van der Waals surface area contributed by atoms with Crippen molar-refractivity contribution < 1.29 is 4.42 Å². The fourth-order valence-electron chi connectivity index (χ4n) is 2.39. The highest BCUT2D eigenvalue weighted by atomic mass is 16.3. The van der Waals surface area contributed by atoms with Gasteiger partial charge in [-0.15, -0.1) is 0 Å². The molecule has 0 aliphatic rings. The molecule has 0 atom stereocenters. The molecule has 3 heteroatoms. The zero-order chi connectivity index (χ0) is 11.4. The van der Waals surface area contributed by atoms with Crippen molar-refractivity contribution in [1.82, 2.24) is 9.97 Å². The number of hydrogen-bond donors (Lipinski definition) is 1. The zero-order valence-electron chi connectivity index (χ0n) is 9.32. The molecule has 0 aliphatic heterocycles. The molecule has 2 aromatic carbocycles. The topological polar surface area (TPSA) is 41.8 Å². The first kappa shape index (κ1) is 8.82. The molecule has 0 saturated carbocycles. The summed E-state index contributed by atoms with van der Waals surface area (Å²) in [6.07, 6.45) is 0. The van der Waals surface area contributed by atoms with Gasteiger partial charge in [0.15, 0.2) is 11.5 Å². The number of aromatic amines is 1. The fraction of sp³-hybridized carbons (Fsp3) is 0.0714. The van der Waals surface area contributed by atoms with Crippen molar-refractivity contribution in [2.45, 2.75) is 6.92 Å². The van der Waals surface area contributed by atoms with Crippen LogP contribution in [-0.4, -0.2) is 9.97 Å². The molecule has 3 nitrogen and oxygen atoms in total. The number of aryl methyl sites for hydroxylation is 1. The first-order valence-electron chi connectivity index (χ1n) is 5.59. The summed E-state index contributed by atoms with van der Waals surface area (Å²) in [5.74, 6) is 0.706. The van der Waals surface area contributed by atoms with Gasteiger partial charge in [-0.3, -0.25) is 0 Å². The summed E-state index contributed by atoms with van der Waals surface area (Å²) in [5, 5.41) is 2.42. The van der Waals surface area contributed by atoms with Crippen molar-refractivity contribution in [2.75, 3.05) is 0 Å². The summed E-state index contributed by atoms with van der Waals surface area (Å²) in [5.41, 5.74) is 3.99. The molecule has 0 fully saturated rings. The average molecular weight is 222 g/mol. The second-order valence-corrected chi connectivity index (χ2v) is 4.27. The molecule has 0 saturated heterocycles. The number of para-hydroxylation sites is 1. The summed E-state index contributed by atoms with van der Waals surface area (Å²) in [6.45, 7) is 1.87. The first-order valence-corrected chi connectivity index (χ1v) is 5.59. The van der Waals surface area contributed by atoms with Crippen molar-refractivity contribution in [3.63, 3.8) is 0 Å². The number of aromatic nitrogens is 2. The summed E-state index contributed by atoms with van der Waals surface area (Å²) < 4.78 is 5.54. The van der Waals surface area contributed by atoms with E-state index in [1.165, 1.54) is 10.8 Å². The lowest BCUT2D eigenvalue weighted by atomic mass is 10.1. The molecule has 0 aliphatic carbocycles. The maximum Gasteiger partial charge on any atom is 0.192 e. The second kappa shape index (κ2) is 2.88. The van der Waals surface area contributed by atoms with Gasteiger partial charge in [0, 0.05) is 29.3 Å². The van der Waals surface area contributed by atoms with Crippen LogP contribution in [0.4, 0.5) is 0 Å². The van der Waals surface area contributed by atoms with Crippen LogP contribution in [0.1, 0.15) is 5.89 Å². The standard InChI is InChI=1S/C14H10N2O/c1-8-15-13-6-10-9-4-2-3-5-11(9)16-12(10)7-14(13)17-8/h2-7,16H,1H3. The Kier molecular flexibility index (Phi) is 1.50. The van der Waals surface area contributed by atoms with E-state index in [0.29, 0.717) is 5.89 Å². The lowest BCUT2D eigenvalue weighted by molar-refractivity contribution is 0.561. The lowest BCUT2D eigenvalue weighted by Crippen LogP contribution is -1.70. The van der Waals surface area contributed by atoms with Crippen molar-refractivity contribution in [3.8, 4) is 0 Å². The van der Waals surface area contributed by atoms with E-state index in [4.69, 9.17) is 4.42 Å². The highest BCUT2D eigenvalue weighted by Crippen LogP contribution is 2.29. The number of fused-ring (bicyclic) bond motifs is 4. The highest BCUT2D eigenvalue weighted by Gasteiger charge is 2.08. The Labute approximate surface area is 97.1 Å². The summed E-state index contributed by atoms with van der Waals surface area (Å²) >= 11 is 0. The SMILES string of the molecule is Cc1nc2cc3c(cc2o1)[nH]c1ccccc13. The van der Waals surface area contributed by atoms with Gasteiger partial charge in [0.25, 0.3) is 0 Å². The van der Waals surface area contributed by atoms with Crippen molar-refractivity contribution in [2.24, 2.45) is 0 Å². The first-order chi connectivity index (χ1) is 8.31. The molecule has 0 bridgehead atoms. The maximum atomic E-state index is 5.54. The van der Waals surface area contributed by atoms with Gasteiger partial charge in [-0.25, -0.2) is 4.98 Å². The van der Waals surface area contributed by atoms with Crippen LogP contribution in [0.5, 0.6) is 0 Å². The van der Waals surface area contributed by atoms with E-state index >= 15 is 0 Å². The van der Waals surface area contributed by atoms with E-state index in [1.54, 1.807) is 0 Å². The summed E-state index contributed by atoms with van der Waals surface area (Å²) in [4.78, 5) is 7.76. The van der Waals surface area contributed by atoms with Gasteiger partial charge >= 0.3 is 0 Å². The molecule has 4 rings (SSSR count). The van der Waals surface area contributed by atoms with Crippen LogP contribution in [0.3, 0.4) is 0 Å². The zero-order valence-corrected chi connectivity index (χ0v) is 9.32. The Bertz CT molecular complexity index is 854. The Morgan fingerprint density at radius 1 is 1.06 bits per heavy atom. The van der Waals surface area contributed by atoms with Crippen LogP contribution in [-0.2, 0) is 0 Å². The predicted molar refractivity (Wildman–Crippen MR) is 68.1 cm³/mol. The Hall–Kier alpha value is -2.29. The lowest BCUT2D eigenvalue weighted by Gasteiger charge is -1.90. The largest absolute Gasteiger partial charge is 0.441 e. The molecular formula is C14H10N2O. The van der Waals surface area contributed by atoms with E-state index in [-0.39, 0.29) is 0 Å². The average Bonchev–Trinajstić information content (AvgIpc) is 2.84. The second-order valence-electron chi connectivity index (χ2n) is 4.27. The van der Waals surface area contributed by atoms with Gasteiger partial charge in [0.2, 0.25) is 0 Å². The van der Waals surface area contributed by atoms with Gasteiger partial charge in [0.1, 0.15) is 5.52 Å². The maximum absolute atomic E-state index is 5.54. The third-order valence-corrected chi connectivity index (χ3v) is 3.12. The number of hydrogen-bond acceptors (Lipinski definition) is 2. The smallest absolute Gasteiger partial charge is 0.192 e. The summed E-state index contributed by atoms with van der Waals surface area (Å²) in [7, 11) is 0. The van der Waals surface area contributed by atoms with Crippen LogP contribution < -0.4 is 0 Å². The number of nitrogens with one attached hydrogen (secondary N) is 1. The van der Waals surface area contributed by atoms with Gasteiger partial charge in [-0.2, -0.15) is 0 Å². The molecule has 4 aromatic rings. The highest BCUT2D eigenvalue weighted by molar-refractivity contribution is 6.10. The van der Waals surface area contributed by atoms with E-state index < -0.39 is 0 Å². The van der Waals surface area contributed by atoms with Crippen LogP contribution in [0, 0.1) is 6.92 Å². The number of rotatable bonds is 0. The Morgan fingerprint density at radius 3 is 2.88 bits per heavy atom. The number of benzene rings is 2. The molecule has 0 amide bonds. The van der Waals surface area contributed by atoms with Crippen molar-refractivity contribution in [3.05, 3.63) is 42.3 Å². The van der Waals surface area contributed by atoms with Crippen LogP contribution in [0.25, 0.3) is 32.9 Å². The molecule has 0 spiro atoms. The molecular weight excluding hydrogens is 212 g/mol. The normalized spacial score (nSPS) is 11.8. The van der Waals surface area contributed by atoms with E-state index in [0.717, 1.165) is 22.1 Å². The fourth-order valence-corrected chi connectivity index (χ4v) is 2.39. The van der Waals surface area contributed by atoms with Gasteiger partial charge in [-0.05, 0) is 12.1 Å². The quantitative estimate of drug-likeness (QED) is 0.492. The third-order valence-electron chi connectivity index (χ3n) is 3.12. The minimum absolute atomic E-state index is 0.706. The third kappa shape index (κ3) is 1.13. The number of H-pyrrole nitrogens is 1. The molecule has 0 radical (unpaired) electrons. The Morgan fingerprint density at radius 2 is 1.94 bits per heavy atom. The Balaban J connectivity index is 2.26. The van der Waals surface area contributed by atoms with Crippen LogP contribution >= 0.6 is 0 Å². The summed E-state index contributed by atoms with van der Waals surface area (Å²) in [6, 6.07) is 12.4. The van der Waals surface area contributed by atoms with Crippen molar-refractivity contribution in [1.29, 1.82) is 0 Å². The molecule has 17 heavy (non-hydrogen) atoms. The monoisotopic (exact) mass is 222 g/mol. The molecule has 1 N–H and O–H groups in total. The minimum atomic E-state index is 0.706. The van der Waals surface area contributed by atoms with E-state index in [1.807, 2.05) is 25.1 Å². The van der Waals surface area contributed by atoms with Crippen LogP contribution in [0.15, 0.2) is 40.8 Å². The van der Waals surface area contributed by atoms with E-state index in [2.05, 4.69) is 28.2 Å². The molecule has 2 heterocycles. The van der Waals surface area contributed by atoms with Gasteiger partial charge < -0.3 is 9.40 Å².